The van der Waals surface area contributed by atoms with Gasteiger partial charge in [0.15, 0.2) is 5.82 Å². The second kappa shape index (κ2) is 14.9. The molecule has 0 saturated carbocycles. The molecule has 0 spiro atoms. The van der Waals surface area contributed by atoms with Gasteiger partial charge in [0, 0.05) is 47.9 Å². The van der Waals surface area contributed by atoms with Gasteiger partial charge < -0.3 is 35.5 Å². The summed E-state index contributed by atoms with van der Waals surface area (Å²) in [6, 6.07) is 18.0. The molecule has 13 heteroatoms. The lowest BCUT2D eigenvalue weighted by Gasteiger charge is -2.29. The summed E-state index contributed by atoms with van der Waals surface area (Å²) in [5.41, 5.74) is 1.98. The monoisotopic (exact) mass is 710 g/mol. The van der Waals surface area contributed by atoms with Gasteiger partial charge in [-0.15, -0.1) is 0 Å². The van der Waals surface area contributed by atoms with Crippen LogP contribution in [-0.4, -0.2) is 75.3 Å². The molecule has 3 heterocycles. The van der Waals surface area contributed by atoms with Crippen molar-refractivity contribution in [1.82, 2.24) is 20.1 Å². The average Bonchev–Trinajstić information content (AvgIpc) is 3.87. The van der Waals surface area contributed by atoms with E-state index in [9.17, 15) is 24.0 Å². The third-order valence-corrected chi connectivity index (χ3v) is 9.28. The number of benzene rings is 3. The molecule has 0 radical (unpaired) electrons. The molecule has 0 aliphatic carbocycles. The third-order valence-electron chi connectivity index (χ3n) is 9.28. The maximum atomic E-state index is 15.8. The Balaban J connectivity index is 1.14. The number of H-pyrrole nitrogens is 1. The van der Waals surface area contributed by atoms with Crippen molar-refractivity contribution in [3.05, 3.63) is 84.2 Å². The van der Waals surface area contributed by atoms with Crippen molar-refractivity contribution in [2.75, 3.05) is 23.7 Å². The number of anilines is 2. The predicted octanol–water partition coefficient (Wildman–Crippen LogP) is 6.12. The molecular formula is C39H43FN6O6. The van der Waals surface area contributed by atoms with E-state index in [-0.39, 0.29) is 22.9 Å². The summed E-state index contributed by atoms with van der Waals surface area (Å²) in [5.74, 6) is -1.77. The number of hydrogen-bond donors (Lipinski definition) is 4. The number of amides is 5. The van der Waals surface area contributed by atoms with Crippen LogP contribution in [0.5, 0.6) is 0 Å². The van der Waals surface area contributed by atoms with Crippen LogP contribution in [0.15, 0.2) is 72.8 Å². The molecule has 1 aromatic heterocycles. The topological polar surface area (TPSA) is 153 Å². The van der Waals surface area contributed by atoms with Crippen molar-refractivity contribution in [1.29, 1.82) is 0 Å². The van der Waals surface area contributed by atoms with Crippen molar-refractivity contribution in [2.45, 2.75) is 77.1 Å². The third kappa shape index (κ3) is 7.93. The molecule has 0 unspecified atom stereocenters. The molecule has 3 aromatic carbocycles. The van der Waals surface area contributed by atoms with E-state index in [4.69, 9.17) is 4.74 Å². The zero-order valence-corrected chi connectivity index (χ0v) is 29.6. The number of fused-ring (bicyclic) bond motifs is 1. The quantitative estimate of drug-likeness (QED) is 0.173. The number of carbonyl (C=O) groups is 5. The van der Waals surface area contributed by atoms with Crippen LogP contribution in [-0.2, 0) is 23.9 Å². The van der Waals surface area contributed by atoms with Gasteiger partial charge in [0.1, 0.15) is 23.7 Å². The number of halogens is 1. The fourth-order valence-corrected chi connectivity index (χ4v) is 6.85. The maximum absolute atomic E-state index is 15.8. The van der Waals surface area contributed by atoms with E-state index in [1.165, 1.54) is 17.9 Å². The Kier molecular flexibility index (Phi) is 10.3. The lowest BCUT2D eigenvalue weighted by Crippen LogP contribution is -2.49. The minimum absolute atomic E-state index is 0.137. The number of alkyl carbamates (subject to hydrolysis) is 1. The Hall–Kier alpha value is -5.72. The van der Waals surface area contributed by atoms with Gasteiger partial charge in [0.2, 0.25) is 17.7 Å². The largest absolute Gasteiger partial charge is 0.444 e. The second-order valence-electron chi connectivity index (χ2n) is 14.2. The predicted molar refractivity (Wildman–Crippen MR) is 195 cm³/mol. The Morgan fingerprint density at radius 3 is 2.06 bits per heavy atom. The second-order valence-corrected chi connectivity index (χ2v) is 14.2. The summed E-state index contributed by atoms with van der Waals surface area (Å²) in [5, 5.41) is 8.66. The number of carbonyl (C=O) groups excluding carboxylic acids is 5. The minimum atomic E-state index is -1.07. The van der Waals surface area contributed by atoms with Crippen LogP contribution in [0.4, 0.5) is 20.6 Å². The number of hydrogen-bond acceptors (Lipinski definition) is 6. The van der Waals surface area contributed by atoms with E-state index in [1.54, 1.807) is 92.4 Å². The Morgan fingerprint density at radius 1 is 0.827 bits per heavy atom. The summed E-state index contributed by atoms with van der Waals surface area (Å²) in [6.45, 7) is 7.52. The Labute approximate surface area is 301 Å². The summed E-state index contributed by atoms with van der Waals surface area (Å²) < 4.78 is 21.3. The summed E-state index contributed by atoms with van der Waals surface area (Å²) in [4.78, 5) is 71.1. The van der Waals surface area contributed by atoms with Crippen molar-refractivity contribution in [3.63, 3.8) is 0 Å². The number of ether oxygens (including phenoxy) is 1. The van der Waals surface area contributed by atoms with Crippen molar-refractivity contribution in [2.24, 2.45) is 0 Å². The van der Waals surface area contributed by atoms with E-state index in [0.29, 0.717) is 60.4 Å². The number of aromatic nitrogens is 1. The van der Waals surface area contributed by atoms with Crippen LogP contribution in [0.1, 0.15) is 65.0 Å². The van der Waals surface area contributed by atoms with Gasteiger partial charge in [-0.1, -0.05) is 42.5 Å². The highest BCUT2D eigenvalue weighted by Gasteiger charge is 2.39. The zero-order valence-electron chi connectivity index (χ0n) is 29.6. The van der Waals surface area contributed by atoms with Crippen LogP contribution in [0.3, 0.4) is 0 Å². The van der Waals surface area contributed by atoms with E-state index in [1.807, 2.05) is 0 Å². The Bertz CT molecular complexity index is 1990. The van der Waals surface area contributed by atoms with Crippen LogP contribution >= 0.6 is 0 Å². The molecule has 5 amide bonds. The highest BCUT2D eigenvalue weighted by molar-refractivity contribution is 6.01. The van der Waals surface area contributed by atoms with Gasteiger partial charge in [-0.25, -0.2) is 9.18 Å². The van der Waals surface area contributed by atoms with Gasteiger partial charge in [0.05, 0.1) is 5.69 Å². The standard InChI is InChI=1S/C39H43FN6O6/c1-23(47)45-20-8-12-30(45)35(48)41-26-16-14-25(15-17-26)33-32(40)28-22-27(18-19-29(28)43-33)42-36(49)31-13-9-21-46(31)37(50)34(24-10-6-5-7-11-24)44-38(51)52-39(2,3)4/h5-7,10-11,14-19,22,30-31,34,43H,8-9,12-13,20-21H2,1-4H3,(H,41,48)(H,42,49)(H,44,51)/t30-,31-,34+/m0/s1. The van der Waals surface area contributed by atoms with Crippen LogP contribution < -0.4 is 16.0 Å². The molecule has 2 fully saturated rings. The van der Waals surface area contributed by atoms with Crippen molar-refractivity contribution in [3.8, 4) is 11.3 Å². The molecule has 4 N–H and O–H groups in total. The highest BCUT2D eigenvalue weighted by Crippen LogP contribution is 2.32. The Morgan fingerprint density at radius 2 is 1.42 bits per heavy atom. The minimum Gasteiger partial charge on any atom is -0.444 e. The zero-order chi connectivity index (χ0) is 37.2. The van der Waals surface area contributed by atoms with E-state index < -0.39 is 47.5 Å². The fraction of sp³-hybridized carbons (Fsp3) is 0.359. The van der Waals surface area contributed by atoms with Crippen molar-refractivity contribution >= 4 is 52.0 Å². The molecule has 272 valence electrons. The molecule has 2 aliphatic rings. The number of nitrogens with zero attached hydrogens (tertiary/aromatic N) is 2. The smallest absolute Gasteiger partial charge is 0.408 e. The lowest BCUT2D eigenvalue weighted by atomic mass is 10.0. The van der Waals surface area contributed by atoms with Crippen LogP contribution in [0.2, 0.25) is 0 Å². The van der Waals surface area contributed by atoms with Gasteiger partial charge in [0.25, 0.3) is 5.91 Å². The molecule has 3 atom stereocenters. The van der Waals surface area contributed by atoms with E-state index in [2.05, 4.69) is 20.9 Å². The number of rotatable bonds is 8. The SMILES string of the molecule is CC(=O)N1CCC[C@H]1C(=O)Nc1ccc(-c2[nH]c3ccc(NC(=O)[C@@H]4CCCN4C(=O)[C@H](NC(=O)OC(C)(C)C)c4ccccc4)cc3c2F)cc1. The fourth-order valence-electron chi connectivity index (χ4n) is 6.85. The maximum Gasteiger partial charge on any atom is 0.408 e. The molecular weight excluding hydrogens is 667 g/mol. The summed E-state index contributed by atoms with van der Waals surface area (Å²) in [7, 11) is 0. The summed E-state index contributed by atoms with van der Waals surface area (Å²) >= 11 is 0. The molecule has 0 bridgehead atoms. The highest BCUT2D eigenvalue weighted by atomic mass is 19.1. The molecule has 12 nitrogen and oxygen atoms in total. The van der Waals surface area contributed by atoms with Crippen LogP contribution in [0.25, 0.3) is 22.2 Å². The van der Waals surface area contributed by atoms with Gasteiger partial charge in [-0.2, -0.15) is 0 Å². The van der Waals surface area contributed by atoms with E-state index in [0.717, 1.165) is 6.42 Å². The first-order chi connectivity index (χ1) is 24.8. The number of nitrogens with one attached hydrogen (secondary N) is 4. The molecule has 2 saturated heterocycles. The molecule has 6 rings (SSSR count). The molecule has 52 heavy (non-hydrogen) atoms. The lowest BCUT2D eigenvalue weighted by molar-refractivity contribution is -0.138. The molecule has 4 aromatic rings. The van der Waals surface area contributed by atoms with Crippen molar-refractivity contribution < 1.29 is 33.1 Å². The summed E-state index contributed by atoms with van der Waals surface area (Å²) in [6.07, 6.45) is 1.63. The van der Waals surface area contributed by atoms with Gasteiger partial charge >= 0.3 is 6.09 Å². The molecule has 2 aliphatic heterocycles. The number of aromatic amines is 1. The van der Waals surface area contributed by atoms with Gasteiger partial charge in [-0.3, -0.25) is 19.2 Å². The average molecular weight is 711 g/mol. The van der Waals surface area contributed by atoms with Crippen LogP contribution in [0, 0.1) is 5.82 Å². The van der Waals surface area contributed by atoms with E-state index >= 15 is 4.39 Å². The first-order valence-corrected chi connectivity index (χ1v) is 17.4. The number of likely N-dealkylation sites (tertiary alicyclic amines) is 2. The first-order valence-electron chi connectivity index (χ1n) is 17.4. The first kappa shape index (κ1) is 36.1. The normalized spacial score (nSPS) is 17.9. The van der Waals surface area contributed by atoms with Gasteiger partial charge in [-0.05, 0) is 82.3 Å².